The average molecular weight is 241 g/mol. The fraction of sp³-hybridized carbons (Fsp3) is 0.333. The van der Waals surface area contributed by atoms with E-state index in [1.807, 2.05) is 24.3 Å². The third-order valence-corrected chi connectivity index (χ3v) is 3.48. The van der Waals surface area contributed by atoms with Gasteiger partial charge in [-0.05, 0) is 24.3 Å². The van der Waals surface area contributed by atoms with Gasteiger partial charge in [-0.2, -0.15) is 0 Å². The predicted octanol–water partition coefficient (Wildman–Crippen LogP) is 2.84. The molecule has 92 valence electrons. The quantitative estimate of drug-likeness (QED) is 0.759. The highest BCUT2D eigenvalue weighted by atomic mass is 16.5. The Labute approximate surface area is 106 Å². The lowest BCUT2D eigenvalue weighted by atomic mass is 9.90. The number of hydrogen-bond acceptors (Lipinski definition) is 3. The first-order valence-corrected chi connectivity index (χ1v) is 6.31. The van der Waals surface area contributed by atoms with E-state index < -0.39 is 0 Å². The molecular weight excluding hydrogens is 226 g/mol. The highest BCUT2D eigenvalue weighted by molar-refractivity contribution is 6.08. The van der Waals surface area contributed by atoms with Crippen LogP contribution in [0.2, 0.25) is 0 Å². The zero-order chi connectivity index (χ0) is 12.4. The molecule has 1 saturated heterocycles. The molecule has 2 heterocycles. The lowest BCUT2D eigenvalue weighted by molar-refractivity contribution is 0.0462. The second-order valence-electron chi connectivity index (χ2n) is 4.68. The number of ketones is 1. The second kappa shape index (κ2) is 4.86. The zero-order valence-electron chi connectivity index (χ0n) is 10.1. The zero-order valence-corrected chi connectivity index (χ0v) is 10.1. The smallest absolute Gasteiger partial charge is 0.168 e. The first kappa shape index (κ1) is 11.4. The summed E-state index contributed by atoms with van der Waals surface area (Å²) >= 11 is 0. The number of Topliss-reactive ketones (excluding diaryl/α,β-unsaturated/α-hetero) is 1. The molecule has 1 aromatic heterocycles. The van der Waals surface area contributed by atoms with E-state index in [4.69, 9.17) is 4.74 Å². The minimum atomic E-state index is 0.00422. The van der Waals surface area contributed by atoms with Gasteiger partial charge in [0.15, 0.2) is 5.78 Å². The summed E-state index contributed by atoms with van der Waals surface area (Å²) in [7, 11) is 0. The Balaban J connectivity index is 2.00. The fourth-order valence-corrected chi connectivity index (χ4v) is 2.50. The van der Waals surface area contributed by atoms with E-state index in [1.165, 1.54) is 0 Å². The minimum absolute atomic E-state index is 0.00422. The molecule has 0 spiro atoms. The Morgan fingerprint density at radius 3 is 3.11 bits per heavy atom. The normalized spacial score (nSPS) is 19.9. The number of nitrogens with zero attached hydrogens (tertiary/aromatic N) is 1. The summed E-state index contributed by atoms with van der Waals surface area (Å²) in [6.07, 6.45) is 5.42. The lowest BCUT2D eigenvalue weighted by Gasteiger charge is -2.21. The van der Waals surface area contributed by atoms with Crippen LogP contribution in [0.5, 0.6) is 0 Å². The van der Waals surface area contributed by atoms with Crippen LogP contribution in [0.3, 0.4) is 0 Å². The average Bonchev–Trinajstić information content (AvgIpc) is 2.47. The third kappa shape index (κ3) is 2.02. The predicted molar refractivity (Wildman–Crippen MR) is 69.6 cm³/mol. The molecule has 0 N–H and O–H groups in total. The van der Waals surface area contributed by atoms with Gasteiger partial charge in [0, 0.05) is 35.9 Å². The van der Waals surface area contributed by atoms with Crippen LogP contribution in [0.25, 0.3) is 10.8 Å². The van der Waals surface area contributed by atoms with E-state index in [-0.39, 0.29) is 11.7 Å². The van der Waals surface area contributed by atoms with Crippen LogP contribution >= 0.6 is 0 Å². The highest BCUT2D eigenvalue weighted by Crippen LogP contribution is 2.24. The van der Waals surface area contributed by atoms with Crippen LogP contribution in [0.4, 0.5) is 0 Å². The highest BCUT2D eigenvalue weighted by Gasteiger charge is 2.24. The van der Waals surface area contributed by atoms with Crippen LogP contribution in [-0.2, 0) is 4.74 Å². The fourth-order valence-electron chi connectivity index (χ4n) is 2.50. The van der Waals surface area contributed by atoms with Crippen molar-refractivity contribution in [3.63, 3.8) is 0 Å². The van der Waals surface area contributed by atoms with Crippen molar-refractivity contribution in [1.29, 1.82) is 0 Å². The molecule has 1 unspecified atom stereocenters. The van der Waals surface area contributed by atoms with Crippen molar-refractivity contribution >= 4 is 16.6 Å². The Morgan fingerprint density at radius 2 is 2.28 bits per heavy atom. The SMILES string of the molecule is O=C(c1cccc2ccncc12)C1CCCOC1. The molecule has 0 bridgehead atoms. The lowest BCUT2D eigenvalue weighted by Crippen LogP contribution is -2.25. The Morgan fingerprint density at radius 1 is 1.33 bits per heavy atom. The minimum Gasteiger partial charge on any atom is -0.381 e. The van der Waals surface area contributed by atoms with E-state index in [1.54, 1.807) is 12.4 Å². The number of fused-ring (bicyclic) bond motifs is 1. The number of aromatic nitrogens is 1. The summed E-state index contributed by atoms with van der Waals surface area (Å²) in [5.74, 6) is 0.192. The maximum absolute atomic E-state index is 12.5. The van der Waals surface area contributed by atoms with Crippen LogP contribution in [0, 0.1) is 5.92 Å². The van der Waals surface area contributed by atoms with Gasteiger partial charge in [-0.1, -0.05) is 18.2 Å². The number of rotatable bonds is 2. The summed E-state index contributed by atoms with van der Waals surface area (Å²) in [4.78, 5) is 16.6. The van der Waals surface area contributed by atoms with E-state index in [0.717, 1.165) is 35.8 Å². The van der Waals surface area contributed by atoms with E-state index >= 15 is 0 Å². The van der Waals surface area contributed by atoms with Gasteiger partial charge in [-0.25, -0.2) is 0 Å². The molecule has 0 saturated carbocycles. The van der Waals surface area contributed by atoms with Gasteiger partial charge in [0.25, 0.3) is 0 Å². The summed E-state index contributed by atoms with van der Waals surface area (Å²) in [5.41, 5.74) is 0.774. The molecule has 1 aromatic carbocycles. The van der Waals surface area contributed by atoms with Crippen molar-refractivity contribution in [2.75, 3.05) is 13.2 Å². The molecule has 3 rings (SSSR count). The summed E-state index contributed by atoms with van der Waals surface area (Å²) in [6.45, 7) is 1.33. The number of hydrogen-bond donors (Lipinski definition) is 0. The van der Waals surface area contributed by atoms with E-state index in [2.05, 4.69) is 4.98 Å². The van der Waals surface area contributed by atoms with Crippen molar-refractivity contribution < 1.29 is 9.53 Å². The Hall–Kier alpha value is -1.74. The Kier molecular flexibility index (Phi) is 3.07. The number of ether oxygens (including phenoxy) is 1. The molecule has 1 aliphatic heterocycles. The van der Waals surface area contributed by atoms with Gasteiger partial charge in [0.2, 0.25) is 0 Å². The second-order valence-corrected chi connectivity index (χ2v) is 4.68. The van der Waals surface area contributed by atoms with Crippen LogP contribution in [0.15, 0.2) is 36.7 Å². The van der Waals surface area contributed by atoms with Gasteiger partial charge in [-0.3, -0.25) is 9.78 Å². The van der Waals surface area contributed by atoms with Crippen LogP contribution < -0.4 is 0 Å². The van der Waals surface area contributed by atoms with Crippen molar-refractivity contribution in [1.82, 2.24) is 4.98 Å². The maximum Gasteiger partial charge on any atom is 0.168 e. The van der Waals surface area contributed by atoms with Gasteiger partial charge in [-0.15, -0.1) is 0 Å². The molecule has 3 nitrogen and oxygen atoms in total. The van der Waals surface area contributed by atoms with Crippen molar-refractivity contribution in [3.05, 3.63) is 42.2 Å². The molecule has 3 heteroatoms. The van der Waals surface area contributed by atoms with Gasteiger partial charge >= 0.3 is 0 Å². The molecular formula is C15H15NO2. The molecule has 2 aromatic rings. The van der Waals surface area contributed by atoms with Crippen molar-refractivity contribution in [2.45, 2.75) is 12.8 Å². The number of carbonyl (C=O) groups is 1. The summed E-state index contributed by atoms with van der Waals surface area (Å²) in [6, 6.07) is 7.76. The molecule has 0 radical (unpaired) electrons. The van der Waals surface area contributed by atoms with E-state index in [0.29, 0.717) is 6.61 Å². The van der Waals surface area contributed by atoms with Crippen LogP contribution in [-0.4, -0.2) is 24.0 Å². The monoisotopic (exact) mass is 241 g/mol. The third-order valence-electron chi connectivity index (χ3n) is 3.48. The van der Waals surface area contributed by atoms with E-state index in [9.17, 15) is 4.79 Å². The molecule has 1 aliphatic rings. The van der Waals surface area contributed by atoms with Gasteiger partial charge < -0.3 is 4.74 Å². The standard InChI is InChI=1S/C15H15NO2/c17-15(12-4-2-8-18-10-12)13-5-1-3-11-6-7-16-9-14(11)13/h1,3,5-7,9,12H,2,4,8,10H2. The van der Waals surface area contributed by atoms with Crippen molar-refractivity contribution in [2.24, 2.45) is 5.92 Å². The first-order chi connectivity index (χ1) is 8.86. The topological polar surface area (TPSA) is 39.2 Å². The maximum atomic E-state index is 12.5. The molecule has 0 aliphatic carbocycles. The van der Waals surface area contributed by atoms with Gasteiger partial charge in [0.1, 0.15) is 0 Å². The summed E-state index contributed by atoms with van der Waals surface area (Å²) in [5, 5.41) is 2.00. The largest absolute Gasteiger partial charge is 0.381 e. The van der Waals surface area contributed by atoms with Crippen molar-refractivity contribution in [3.8, 4) is 0 Å². The number of pyridine rings is 1. The summed E-state index contributed by atoms with van der Waals surface area (Å²) < 4.78 is 5.40. The Bertz CT molecular complexity index is 568. The number of carbonyl (C=O) groups excluding carboxylic acids is 1. The molecule has 1 atom stereocenters. The molecule has 1 fully saturated rings. The number of benzene rings is 1. The molecule has 18 heavy (non-hydrogen) atoms. The van der Waals surface area contributed by atoms with Crippen LogP contribution in [0.1, 0.15) is 23.2 Å². The van der Waals surface area contributed by atoms with Gasteiger partial charge in [0.05, 0.1) is 6.61 Å². The molecule has 0 amide bonds. The first-order valence-electron chi connectivity index (χ1n) is 6.31.